The molecule has 0 aromatic heterocycles. The first-order valence-electron chi connectivity index (χ1n) is 7.67. The third-order valence-corrected chi connectivity index (χ3v) is 3.37. The first-order chi connectivity index (χ1) is 12.7. The SMILES string of the molecule is CC(=O)Nc1ccc(NC(=O)C=Cc2ccc(C#N)cc2)c(C(F)(F)F)c1. The highest BCUT2D eigenvalue weighted by Crippen LogP contribution is 2.36. The van der Waals surface area contributed by atoms with Crippen molar-refractivity contribution in [1.82, 2.24) is 0 Å². The number of carbonyl (C=O) groups is 2. The van der Waals surface area contributed by atoms with Crippen molar-refractivity contribution in [1.29, 1.82) is 5.26 Å². The summed E-state index contributed by atoms with van der Waals surface area (Å²) < 4.78 is 39.7. The van der Waals surface area contributed by atoms with E-state index >= 15 is 0 Å². The molecular weight excluding hydrogens is 359 g/mol. The minimum absolute atomic E-state index is 0.0269. The van der Waals surface area contributed by atoms with Gasteiger partial charge in [0.1, 0.15) is 0 Å². The first-order valence-corrected chi connectivity index (χ1v) is 7.67. The largest absolute Gasteiger partial charge is 0.418 e. The minimum Gasteiger partial charge on any atom is -0.326 e. The van der Waals surface area contributed by atoms with Crippen molar-refractivity contribution in [3.8, 4) is 6.07 Å². The summed E-state index contributed by atoms with van der Waals surface area (Å²) in [5, 5.41) is 13.2. The van der Waals surface area contributed by atoms with Gasteiger partial charge >= 0.3 is 6.18 Å². The Balaban J connectivity index is 2.19. The lowest BCUT2D eigenvalue weighted by atomic mass is 10.1. The number of benzene rings is 2. The number of nitrogens with zero attached hydrogens (tertiary/aromatic N) is 1. The second kappa shape index (κ2) is 8.19. The summed E-state index contributed by atoms with van der Waals surface area (Å²) in [6.45, 7) is 1.18. The number of halogens is 3. The molecule has 0 atom stereocenters. The molecule has 2 N–H and O–H groups in total. The fourth-order valence-electron chi connectivity index (χ4n) is 2.18. The summed E-state index contributed by atoms with van der Waals surface area (Å²) in [7, 11) is 0. The van der Waals surface area contributed by atoms with Gasteiger partial charge in [0.25, 0.3) is 0 Å². The Morgan fingerprint density at radius 3 is 2.30 bits per heavy atom. The number of hydrogen-bond donors (Lipinski definition) is 2. The van der Waals surface area contributed by atoms with Gasteiger partial charge in [-0.15, -0.1) is 0 Å². The Bertz CT molecular complexity index is 927. The van der Waals surface area contributed by atoms with E-state index in [0.29, 0.717) is 11.1 Å². The van der Waals surface area contributed by atoms with E-state index in [-0.39, 0.29) is 5.69 Å². The van der Waals surface area contributed by atoms with Crippen molar-refractivity contribution in [3.05, 3.63) is 65.2 Å². The molecule has 0 heterocycles. The van der Waals surface area contributed by atoms with Crippen LogP contribution in [0.25, 0.3) is 6.08 Å². The molecule has 0 aliphatic rings. The van der Waals surface area contributed by atoms with Crippen molar-refractivity contribution < 1.29 is 22.8 Å². The van der Waals surface area contributed by atoms with Gasteiger partial charge in [-0.3, -0.25) is 9.59 Å². The number of hydrogen-bond acceptors (Lipinski definition) is 3. The van der Waals surface area contributed by atoms with Crippen LogP contribution in [0.3, 0.4) is 0 Å². The predicted octanol–water partition coefficient (Wildman–Crippen LogP) is 4.19. The topological polar surface area (TPSA) is 82.0 Å². The molecule has 27 heavy (non-hydrogen) atoms. The molecule has 0 unspecified atom stereocenters. The fraction of sp³-hybridized carbons (Fsp3) is 0.105. The summed E-state index contributed by atoms with van der Waals surface area (Å²) >= 11 is 0. The van der Waals surface area contributed by atoms with Crippen LogP contribution < -0.4 is 10.6 Å². The zero-order valence-electron chi connectivity index (χ0n) is 14.1. The van der Waals surface area contributed by atoms with E-state index in [1.807, 2.05) is 6.07 Å². The number of nitrogens with one attached hydrogen (secondary N) is 2. The molecule has 0 aliphatic heterocycles. The van der Waals surface area contributed by atoms with Crippen molar-refractivity contribution in [2.75, 3.05) is 10.6 Å². The number of amides is 2. The zero-order chi connectivity index (χ0) is 20.0. The molecule has 0 fully saturated rings. The maximum atomic E-state index is 13.2. The Morgan fingerprint density at radius 2 is 1.74 bits per heavy atom. The average Bonchev–Trinajstić information content (AvgIpc) is 2.60. The van der Waals surface area contributed by atoms with Crippen LogP contribution in [0.15, 0.2) is 48.5 Å². The van der Waals surface area contributed by atoms with Crippen LogP contribution >= 0.6 is 0 Å². The molecule has 0 radical (unpaired) electrons. The first kappa shape index (κ1) is 19.7. The molecule has 0 saturated heterocycles. The summed E-state index contributed by atoms with van der Waals surface area (Å²) in [4.78, 5) is 23.0. The highest BCUT2D eigenvalue weighted by atomic mass is 19.4. The molecule has 2 amide bonds. The van der Waals surface area contributed by atoms with Gasteiger partial charge in [-0.05, 0) is 42.0 Å². The Labute approximate surface area is 153 Å². The maximum Gasteiger partial charge on any atom is 0.418 e. The van der Waals surface area contributed by atoms with Crippen LogP contribution in [0, 0.1) is 11.3 Å². The maximum absolute atomic E-state index is 13.2. The van der Waals surface area contributed by atoms with Crippen LogP contribution in [-0.4, -0.2) is 11.8 Å². The number of carbonyl (C=O) groups excluding carboxylic acids is 2. The quantitative estimate of drug-likeness (QED) is 0.789. The van der Waals surface area contributed by atoms with E-state index in [9.17, 15) is 22.8 Å². The average molecular weight is 373 g/mol. The number of alkyl halides is 3. The molecular formula is C19H14F3N3O2. The smallest absolute Gasteiger partial charge is 0.326 e. The standard InChI is InChI=1S/C19H14F3N3O2/c1-12(26)24-15-7-8-17(16(10-15)19(20,21)22)25-18(27)9-6-13-2-4-14(11-23)5-3-13/h2-10H,1H3,(H,24,26)(H,25,27). The van der Waals surface area contributed by atoms with Crippen molar-refractivity contribution in [2.24, 2.45) is 0 Å². The van der Waals surface area contributed by atoms with Crippen molar-refractivity contribution in [2.45, 2.75) is 13.1 Å². The fourth-order valence-corrected chi connectivity index (χ4v) is 2.18. The van der Waals surface area contributed by atoms with Crippen LogP contribution in [0.1, 0.15) is 23.6 Å². The number of nitriles is 1. The Kier molecular flexibility index (Phi) is 5.98. The third-order valence-electron chi connectivity index (χ3n) is 3.37. The highest BCUT2D eigenvalue weighted by molar-refractivity contribution is 6.02. The molecule has 0 saturated carbocycles. The second-order valence-electron chi connectivity index (χ2n) is 5.50. The van der Waals surface area contributed by atoms with E-state index < -0.39 is 29.2 Å². The molecule has 2 rings (SSSR count). The predicted molar refractivity (Wildman–Crippen MR) is 94.6 cm³/mol. The molecule has 8 heteroatoms. The van der Waals surface area contributed by atoms with Crippen LogP contribution in [0.5, 0.6) is 0 Å². The van der Waals surface area contributed by atoms with Gasteiger partial charge in [0.2, 0.25) is 11.8 Å². The van der Waals surface area contributed by atoms with Gasteiger partial charge in [0, 0.05) is 18.7 Å². The lowest BCUT2D eigenvalue weighted by Gasteiger charge is -2.15. The summed E-state index contributed by atoms with van der Waals surface area (Å²) in [5.74, 6) is -1.26. The van der Waals surface area contributed by atoms with E-state index in [1.165, 1.54) is 19.1 Å². The minimum atomic E-state index is -4.71. The molecule has 138 valence electrons. The summed E-state index contributed by atoms with van der Waals surface area (Å²) in [6.07, 6.45) is -2.22. The van der Waals surface area contributed by atoms with Gasteiger partial charge < -0.3 is 10.6 Å². The van der Waals surface area contributed by atoms with Crippen molar-refractivity contribution in [3.63, 3.8) is 0 Å². The molecule has 2 aromatic rings. The molecule has 5 nitrogen and oxygen atoms in total. The molecule has 0 spiro atoms. The lowest BCUT2D eigenvalue weighted by molar-refractivity contribution is -0.137. The van der Waals surface area contributed by atoms with Crippen LogP contribution in [-0.2, 0) is 15.8 Å². The number of anilines is 2. The number of rotatable bonds is 4. The van der Waals surface area contributed by atoms with E-state index in [2.05, 4.69) is 10.6 Å². The second-order valence-corrected chi connectivity index (χ2v) is 5.50. The zero-order valence-corrected chi connectivity index (χ0v) is 14.1. The summed E-state index contributed by atoms with van der Waals surface area (Å²) in [5.41, 5.74) is -0.465. The van der Waals surface area contributed by atoms with Crippen LogP contribution in [0.2, 0.25) is 0 Å². The van der Waals surface area contributed by atoms with E-state index in [0.717, 1.165) is 18.2 Å². The normalized spacial score (nSPS) is 11.1. The van der Waals surface area contributed by atoms with Gasteiger partial charge in [0.05, 0.1) is 22.9 Å². The monoisotopic (exact) mass is 373 g/mol. The third kappa shape index (κ3) is 5.71. The Morgan fingerprint density at radius 1 is 1.07 bits per heavy atom. The summed E-state index contributed by atoms with van der Waals surface area (Å²) in [6, 6.07) is 11.4. The highest BCUT2D eigenvalue weighted by Gasteiger charge is 2.34. The van der Waals surface area contributed by atoms with E-state index in [4.69, 9.17) is 5.26 Å². The molecule has 0 aliphatic carbocycles. The molecule has 2 aromatic carbocycles. The van der Waals surface area contributed by atoms with Gasteiger partial charge in [0.15, 0.2) is 0 Å². The van der Waals surface area contributed by atoms with Crippen molar-refractivity contribution >= 4 is 29.3 Å². The molecule has 0 bridgehead atoms. The lowest BCUT2D eigenvalue weighted by Crippen LogP contribution is -2.16. The van der Waals surface area contributed by atoms with Gasteiger partial charge in [-0.1, -0.05) is 12.1 Å². The van der Waals surface area contributed by atoms with Gasteiger partial charge in [-0.25, -0.2) is 0 Å². The van der Waals surface area contributed by atoms with Crippen LogP contribution in [0.4, 0.5) is 24.5 Å². The Hall–Kier alpha value is -3.60. The van der Waals surface area contributed by atoms with Gasteiger partial charge in [-0.2, -0.15) is 18.4 Å². The van der Waals surface area contributed by atoms with E-state index in [1.54, 1.807) is 24.3 Å².